The lowest BCUT2D eigenvalue weighted by atomic mass is 9.62. The summed E-state index contributed by atoms with van der Waals surface area (Å²) in [5.74, 6) is 0.237. The molecule has 0 bridgehead atoms. The fourth-order valence-corrected chi connectivity index (χ4v) is 11.7. The number of hydrogen-bond donors (Lipinski definition) is 0. The van der Waals surface area contributed by atoms with Crippen molar-refractivity contribution in [2.75, 3.05) is 0 Å². The average Bonchev–Trinajstić information content (AvgIpc) is 3.66. The maximum atomic E-state index is 2.46. The quantitative estimate of drug-likeness (QED) is 0.141. The van der Waals surface area contributed by atoms with E-state index < -0.39 is 0 Å². The number of hydrogen-bond acceptors (Lipinski definition) is 0. The summed E-state index contributed by atoms with van der Waals surface area (Å²) in [6.45, 7) is 0. The van der Waals surface area contributed by atoms with Gasteiger partial charge in [0.15, 0.2) is 0 Å². The molecule has 12 rings (SSSR count). The van der Waals surface area contributed by atoms with Gasteiger partial charge >= 0.3 is 0 Å². The van der Waals surface area contributed by atoms with Gasteiger partial charge in [0.05, 0.1) is 5.41 Å². The van der Waals surface area contributed by atoms with Crippen LogP contribution >= 0.6 is 0 Å². The summed E-state index contributed by atoms with van der Waals surface area (Å²) in [7, 11) is 0. The normalized spacial score (nSPS) is 18.0. The Bertz CT molecular complexity index is 3240. The lowest BCUT2D eigenvalue weighted by Crippen LogP contribution is -2.35. The molecule has 0 radical (unpaired) electrons. The molecule has 4 aliphatic rings. The van der Waals surface area contributed by atoms with Crippen LogP contribution in [0.5, 0.6) is 0 Å². The van der Waals surface area contributed by atoms with Crippen LogP contribution in [0.25, 0.3) is 54.6 Å². The third-order valence-electron chi connectivity index (χ3n) is 14.5. The zero-order valence-corrected chi connectivity index (χ0v) is 35.5. The van der Waals surface area contributed by atoms with Crippen molar-refractivity contribution in [2.45, 2.75) is 37.5 Å². The summed E-state index contributed by atoms with van der Waals surface area (Å²) in [6.07, 6.45) is 24.2. The first-order valence-electron chi connectivity index (χ1n) is 22.8. The summed E-state index contributed by atoms with van der Waals surface area (Å²) < 4.78 is 0. The van der Waals surface area contributed by atoms with Gasteiger partial charge in [0.25, 0.3) is 0 Å². The van der Waals surface area contributed by atoms with Gasteiger partial charge < -0.3 is 0 Å². The van der Waals surface area contributed by atoms with Crippen LogP contribution < -0.4 is 0 Å². The topological polar surface area (TPSA) is 0 Å². The molecule has 0 aliphatic heterocycles. The maximum Gasteiger partial charge on any atom is 0.0529 e. The molecule has 0 aromatic heterocycles. The monoisotopic (exact) mass is 804 g/mol. The summed E-state index contributed by atoms with van der Waals surface area (Å²) in [6, 6.07) is 65.5. The molecule has 300 valence electrons. The Labute approximate surface area is 371 Å². The Kier molecular flexibility index (Phi) is 9.26. The summed E-state index contributed by atoms with van der Waals surface area (Å²) in [5.41, 5.74) is 17.8. The van der Waals surface area contributed by atoms with E-state index in [2.05, 4.69) is 225 Å². The summed E-state index contributed by atoms with van der Waals surface area (Å²) >= 11 is 0. The van der Waals surface area contributed by atoms with Gasteiger partial charge in [-0.2, -0.15) is 0 Å². The van der Waals surface area contributed by atoms with Crippen molar-refractivity contribution in [3.8, 4) is 0 Å². The minimum atomic E-state index is -0.313. The molecule has 8 aromatic carbocycles. The van der Waals surface area contributed by atoms with Gasteiger partial charge in [-0.3, -0.25) is 0 Å². The van der Waals surface area contributed by atoms with Crippen LogP contribution in [0, 0.1) is 5.92 Å². The molecule has 4 aliphatic carbocycles. The molecule has 1 unspecified atom stereocenters. The van der Waals surface area contributed by atoms with Crippen molar-refractivity contribution in [3.05, 3.63) is 275 Å². The highest BCUT2D eigenvalue weighted by Gasteiger charge is 2.52. The molecule has 0 saturated heterocycles. The smallest absolute Gasteiger partial charge is 0.0529 e. The minimum absolute atomic E-state index is 0.237. The summed E-state index contributed by atoms with van der Waals surface area (Å²) in [5, 5.41) is 8.01. The van der Waals surface area contributed by atoms with E-state index in [1.807, 2.05) is 0 Å². The highest BCUT2D eigenvalue weighted by molar-refractivity contribution is 6.16. The molecule has 8 aromatic rings. The van der Waals surface area contributed by atoms with Crippen molar-refractivity contribution in [3.63, 3.8) is 0 Å². The van der Waals surface area contributed by atoms with Gasteiger partial charge in [-0.05, 0) is 137 Å². The van der Waals surface area contributed by atoms with Gasteiger partial charge in [-0.15, -0.1) is 0 Å². The lowest BCUT2D eigenvalue weighted by Gasteiger charge is -2.40. The second-order valence-electron chi connectivity index (χ2n) is 17.7. The van der Waals surface area contributed by atoms with Crippen LogP contribution in [0.1, 0.15) is 71.0 Å². The average molecular weight is 805 g/mol. The van der Waals surface area contributed by atoms with Gasteiger partial charge in [0, 0.05) is 5.92 Å². The van der Waals surface area contributed by atoms with E-state index in [9.17, 15) is 0 Å². The fraction of sp³-hybridized carbons (Fsp3) is 0.111. The van der Waals surface area contributed by atoms with Crippen LogP contribution in [0.15, 0.2) is 236 Å². The molecular weight excluding hydrogens is 757 g/mol. The van der Waals surface area contributed by atoms with Gasteiger partial charge in [-0.1, -0.05) is 225 Å². The van der Waals surface area contributed by atoms with E-state index in [4.69, 9.17) is 0 Å². The van der Waals surface area contributed by atoms with Crippen molar-refractivity contribution in [1.29, 1.82) is 0 Å². The Balaban J connectivity index is 0.914. The van der Waals surface area contributed by atoms with E-state index >= 15 is 0 Å². The first-order valence-corrected chi connectivity index (χ1v) is 22.8. The number of fused-ring (bicyclic) bond motifs is 6. The Morgan fingerprint density at radius 3 is 1.44 bits per heavy atom. The molecule has 0 saturated carbocycles. The zero-order chi connectivity index (χ0) is 41.7. The van der Waals surface area contributed by atoms with E-state index in [-0.39, 0.29) is 11.3 Å². The standard InChI is InChI=1S/C63H48/c1-3-18-49(19-4-1)63(50-20-5-2-6-21-50)59-29-14-13-23-53(59)54-41-40-48(42-60(54)63)62-57-26-11-9-24-55(57)61(56-25-10-12-27-58(56)62)47-38-34-44(35-39-47)31-30-43-32-36-46(37-33-43)52-28-15-17-45-16-7-8-22-51(45)52/h1-32,34,36,38,40-41,60H,33,35,37,39,42H2. The highest BCUT2D eigenvalue weighted by Crippen LogP contribution is 2.61. The largest absolute Gasteiger partial charge is 0.0622 e. The van der Waals surface area contributed by atoms with Crippen molar-refractivity contribution in [1.82, 2.24) is 0 Å². The van der Waals surface area contributed by atoms with Crippen molar-refractivity contribution in [2.24, 2.45) is 5.92 Å². The first kappa shape index (κ1) is 37.5. The van der Waals surface area contributed by atoms with Crippen molar-refractivity contribution < 1.29 is 0 Å². The molecule has 63 heavy (non-hydrogen) atoms. The fourth-order valence-electron chi connectivity index (χ4n) is 11.7. The number of rotatable bonds is 7. The van der Waals surface area contributed by atoms with Crippen LogP contribution in [-0.4, -0.2) is 0 Å². The van der Waals surface area contributed by atoms with Gasteiger partial charge in [0.2, 0.25) is 0 Å². The van der Waals surface area contributed by atoms with Gasteiger partial charge in [-0.25, -0.2) is 0 Å². The van der Waals surface area contributed by atoms with Gasteiger partial charge in [0.1, 0.15) is 0 Å². The SMILES string of the molecule is C(=CC1=CC=C(c2c3ccccc3c(C3=CC=C4c5ccccc5C(c5ccccc5)(c5ccccc5)C4C3)c3ccccc23)CC1)C1=CC=C(c2cccc3ccccc23)CC1. The molecule has 1 atom stereocenters. The van der Waals surface area contributed by atoms with E-state index in [1.165, 1.54) is 105 Å². The third-order valence-corrected chi connectivity index (χ3v) is 14.5. The second-order valence-corrected chi connectivity index (χ2v) is 17.7. The highest BCUT2D eigenvalue weighted by atomic mass is 14.5. The second kappa shape index (κ2) is 15.6. The van der Waals surface area contributed by atoms with E-state index in [1.54, 1.807) is 0 Å². The predicted molar refractivity (Wildman–Crippen MR) is 268 cm³/mol. The van der Waals surface area contributed by atoms with Crippen LogP contribution in [-0.2, 0) is 5.41 Å². The molecule has 0 heterocycles. The minimum Gasteiger partial charge on any atom is -0.0622 e. The molecular formula is C63H48. The Hall–Kier alpha value is -7.28. The molecule has 0 nitrogen and oxygen atoms in total. The third kappa shape index (κ3) is 6.19. The maximum absolute atomic E-state index is 2.46. The summed E-state index contributed by atoms with van der Waals surface area (Å²) in [4.78, 5) is 0. The molecule has 0 heteroatoms. The van der Waals surface area contributed by atoms with Crippen LogP contribution in [0.2, 0.25) is 0 Å². The van der Waals surface area contributed by atoms with Crippen LogP contribution in [0.3, 0.4) is 0 Å². The zero-order valence-electron chi connectivity index (χ0n) is 35.5. The number of benzene rings is 8. The van der Waals surface area contributed by atoms with Crippen LogP contribution in [0.4, 0.5) is 0 Å². The molecule has 0 amide bonds. The molecule has 0 N–H and O–H groups in total. The number of allylic oxidation sites excluding steroid dienone is 14. The molecule has 0 spiro atoms. The molecule has 0 fully saturated rings. The predicted octanol–water partition coefficient (Wildman–Crippen LogP) is 16.4. The van der Waals surface area contributed by atoms with E-state index in [0.29, 0.717) is 0 Å². The van der Waals surface area contributed by atoms with E-state index in [0.717, 1.165) is 32.1 Å². The Morgan fingerprint density at radius 1 is 0.365 bits per heavy atom. The van der Waals surface area contributed by atoms with Crippen molar-refractivity contribution >= 4 is 54.6 Å². The Morgan fingerprint density at radius 2 is 0.841 bits per heavy atom. The first-order chi connectivity index (χ1) is 31.3. The lowest BCUT2D eigenvalue weighted by molar-refractivity contribution is 0.489.